The molecular weight excluding hydrogens is 160 g/mol. The fourth-order valence-corrected chi connectivity index (χ4v) is 1.71. The van der Waals surface area contributed by atoms with Gasteiger partial charge in [0, 0.05) is 5.56 Å². The molecule has 1 aliphatic rings. The molecule has 1 aromatic carbocycles. The molecule has 2 rings (SSSR count). The molecule has 0 radical (unpaired) electrons. The second-order valence-corrected chi connectivity index (χ2v) is 3.62. The number of allylic oxidation sites excluding steroid dienone is 1. The lowest BCUT2D eigenvalue weighted by Gasteiger charge is -2.20. The molecule has 0 unspecified atom stereocenters. The van der Waals surface area contributed by atoms with Crippen LogP contribution in [0.2, 0.25) is 0 Å². The summed E-state index contributed by atoms with van der Waals surface area (Å²) in [5, 5.41) is 0. The summed E-state index contributed by atoms with van der Waals surface area (Å²) in [6.07, 6.45) is 2.17. The van der Waals surface area contributed by atoms with Gasteiger partial charge < -0.3 is 4.74 Å². The number of benzene rings is 1. The van der Waals surface area contributed by atoms with Crippen LogP contribution in [0.25, 0.3) is 5.57 Å². The van der Waals surface area contributed by atoms with Crippen molar-refractivity contribution in [2.45, 2.75) is 13.8 Å². The normalized spacial score (nSPS) is 14.8. The molecule has 13 heavy (non-hydrogen) atoms. The lowest BCUT2D eigenvalue weighted by Crippen LogP contribution is -2.07. The van der Waals surface area contributed by atoms with Crippen LogP contribution in [0.15, 0.2) is 30.3 Å². The van der Waals surface area contributed by atoms with Crippen molar-refractivity contribution in [3.8, 4) is 5.75 Å². The van der Waals surface area contributed by atoms with Crippen molar-refractivity contribution < 1.29 is 4.74 Å². The van der Waals surface area contributed by atoms with Crippen molar-refractivity contribution in [2.75, 3.05) is 6.61 Å². The number of hydrogen-bond donors (Lipinski definition) is 0. The predicted molar refractivity (Wildman–Crippen MR) is 54.8 cm³/mol. The van der Waals surface area contributed by atoms with Crippen LogP contribution >= 0.6 is 0 Å². The first-order valence-electron chi connectivity index (χ1n) is 4.71. The predicted octanol–water partition coefficient (Wildman–Crippen LogP) is 3.12. The lowest BCUT2D eigenvalue weighted by molar-refractivity contribution is 0.355. The topological polar surface area (TPSA) is 9.23 Å². The monoisotopic (exact) mass is 174 g/mol. The second-order valence-electron chi connectivity index (χ2n) is 3.62. The van der Waals surface area contributed by atoms with E-state index in [2.05, 4.69) is 32.1 Å². The smallest absolute Gasteiger partial charge is 0.127 e. The first-order valence-corrected chi connectivity index (χ1v) is 4.71. The Kier molecular flexibility index (Phi) is 2.09. The Labute approximate surface area is 79.0 Å². The van der Waals surface area contributed by atoms with Crippen molar-refractivity contribution >= 4 is 5.57 Å². The van der Waals surface area contributed by atoms with Crippen LogP contribution in [-0.2, 0) is 0 Å². The maximum absolute atomic E-state index is 5.53. The molecule has 0 fully saturated rings. The van der Waals surface area contributed by atoms with Crippen LogP contribution in [0, 0.1) is 5.92 Å². The van der Waals surface area contributed by atoms with E-state index >= 15 is 0 Å². The molecule has 0 saturated heterocycles. The standard InChI is InChI=1S/C12H14O/c1-9(2)10-7-8-13-12-6-4-3-5-11(10)12/h3-7,9H,8H2,1-2H3. The number of rotatable bonds is 1. The van der Waals surface area contributed by atoms with Gasteiger partial charge in [0.15, 0.2) is 0 Å². The van der Waals surface area contributed by atoms with E-state index in [4.69, 9.17) is 4.74 Å². The highest BCUT2D eigenvalue weighted by Crippen LogP contribution is 2.33. The maximum Gasteiger partial charge on any atom is 0.127 e. The fourth-order valence-electron chi connectivity index (χ4n) is 1.71. The average Bonchev–Trinajstić information content (AvgIpc) is 2.17. The molecular formula is C12H14O. The second kappa shape index (κ2) is 3.25. The molecule has 0 aliphatic carbocycles. The third-order valence-corrected chi connectivity index (χ3v) is 2.36. The highest BCUT2D eigenvalue weighted by Gasteiger charge is 2.14. The maximum atomic E-state index is 5.53. The SMILES string of the molecule is CC(C)C1=CCOc2ccccc21. The number of para-hydroxylation sites is 1. The van der Waals surface area contributed by atoms with E-state index in [1.165, 1.54) is 11.1 Å². The molecule has 0 spiro atoms. The van der Waals surface area contributed by atoms with E-state index in [9.17, 15) is 0 Å². The number of fused-ring (bicyclic) bond motifs is 1. The Hall–Kier alpha value is -1.24. The highest BCUT2D eigenvalue weighted by molar-refractivity contribution is 5.73. The van der Waals surface area contributed by atoms with E-state index in [1.807, 2.05) is 12.1 Å². The van der Waals surface area contributed by atoms with E-state index in [-0.39, 0.29) is 0 Å². The Morgan fingerprint density at radius 2 is 2.00 bits per heavy atom. The van der Waals surface area contributed by atoms with Gasteiger partial charge in [-0.3, -0.25) is 0 Å². The summed E-state index contributed by atoms with van der Waals surface area (Å²) in [4.78, 5) is 0. The summed E-state index contributed by atoms with van der Waals surface area (Å²) in [5.74, 6) is 1.60. The van der Waals surface area contributed by atoms with E-state index in [0.717, 1.165) is 5.75 Å². The minimum Gasteiger partial charge on any atom is -0.489 e. The molecule has 68 valence electrons. The van der Waals surface area contributed by atoms with Gasteiger partial charge in [0.1, 0.15) is 12.4 Å². The Bertz CT molecular complexity index is 337. The Morgan fingerprint density at radius 3 is 2.77 bits per heavy atom. The van der Waals surface area contributed by atoms with Crippen LogP contribution in [0.5, 0.6) is 5.75 Å². The van der Waals surface area contributed by atoms with Crippen molar-refractivity contribution in [1.82, 2.24) is 0 Å². The molecule has 1 heteroatoms. The molecule has 0 aromatic heterocycles. The highest BCUT2D eigenvalue weighted by atomic mass is 16.5. The summed E-state index contributed by atoms with van der Waals surface area (Å²) in [5.41, 5.74) is 2.66. The number of hydrogen-bond acceptors (Lipinski definition) is 1. The molecule has 0 amide bonds. The zero-order valence-corrected chi connectivity index (χ0v) is 8.08. The quantitative estimate of drug-likeness (QED) is 0.635. The van der Waals surface area contributed by atoms with Gasteiger partial charge >= 0.3 is 0 Å². The molecule has 1 heterocycles. The van der Waals surface area contributed by atoms with Gasteiger partial charge in [-0.05, 0) is 23.6 Å². The summed E-state index contributed by atoms with van der Waals surface area (Å²) in [7, 11) is 0. The van der Waals surface area contributed by atoms with Gasteiger partial charge in [0.2, 0.25) is 0 Å². The van der Waals surface area contributed by atoms with Crippen molar-refractivity contribution in [1.29, 1.82) is 0 Å². The van der Waals surface area contributed by atoms with Crippen molar-refractivity contribution in [3.05, 3.63) is 35.9 Å². The van der Waals surface area contributed by atoms with Crippen LogP contribution in [0.4, 0.5) is 0 Å². The lowest BCUT2D eigenvalue weighted by atomic mass is 9.93. The first kappa shape index (κ1) is 8.36. The van der Waals surface area contributed by atoms with Crippen LogP contribution in [-0.4, -0.2) is 6.61 Å². The molecule has 1 aromatic rings. The minimum absolute atomic E-state index is 0.574. The van der Waals surface area contributed by atoms with Gasteiger partial charge in [-0.1, -0.05) is 32.0 Å². The summed E-state index contributed by atoms with van der Waals surface area (Å²) >= 11 is 0. The van der Waals surface area contributed by atoms with Gasteiger partial charge in [-0.2, -0.15) is 0 Å². The third kappa shape index (κ3) is 1.46. The van der Waals surface area contributed by atoms with Gasteiger partial charge in [0.05, 0.1) is 0 Å². The average molecular weight is 174 g/mol. The third-order valence-electron chi connectivity index (χ3n) is 2.36. The summed E-state index contributed by atoms with van der Waals surface area (Å²) < 4.78 is 5.53. The first-order chi connectivity index (χ1) is 6.29. The largest absolute Gasteiger partial charge is 0.489 e. The van der Waals surface area contributed by atoms with Crippen LogP contribution in [0.1, 0.15) is 19.4 Å². The zero-order chi connectivity index (χ0) is 9.26. The molecule has 0 bridgehead atoms. The zero-order valence-electron chi connectivity index (χ0n) is 8.08. The van der Waals surface area contributed by atoms with Crippen LogP contribution in [0.3, 0.4) is 0 Å². The summed E-state index contributed by atoms with van der Waals surface area (Å²) in [6, 6.07) is 8.23. The van der Waals surface area contributed by atoms with Gasteiger partial charge in [-0.25, -0.2) is 0 Å². The molecule has 1 aliphatic heterocycles. The van der Waals surface area contributed by atoms with Crippen molar-refractivity contribution in [2.24, 2.45) is 5.92 Å². The van der Waals surface area contributed by atoms with E-state index in [1.54, 1.807) is 0 Å². The number of ether oxygens (including phenoxy) is 1. The molecule has 1 nitrogen and oxygen atoms in total. The minimum atomic E-state index is 0.574. The fraction of sp³-hybridized carbons (Fsp3) is 0.333. The Morgan fingerprint density at radius 1 is 1.23 bits per heavy atom. The molecule has 0 atom stereocenters. The van der Waals surface area contributed by atoms with Crippen LogP contribution < -0.4 is 4.74 Å². The van der Waals surface area contributed by atoms with E-state index in [0.29, 0.717) is 12.5 Å². The Balaban J connectivity index is 2.47. The molecule has 0 saturated carbocycles. The van der Waals surface area contributed by atoms with Crippen molar-refractivity contribution in [3.63, 3.8) is 0 Å². The molecule has 0 N–H and O–H groups in total. The van der Waals surface area contributed by atoms with Gasteiger partial charge in [0.25, 0.3) is 0 Å². The van der Waals surface area contributed by atoms with Gasteiger partial charge in [-0.15, -0.1) is 0 Å². The van der Waals surface area contributed by atoms with E-state index < -0.39 is 0 Å². The summed E-state index contributed by atoms with van der Waals surface area (Å²) in [6.45, 7) is 5.15.